The van der Waals surface area contributed by atoms with Crippen molar-refractivity contribution in [3.8, 4) is 0 Å². The summed E-state index contributed by atoms with van der Waals surface area (Å²) >= 11 is 4.31. The van der Waals surface area contributed by atoms with Gasteiger partial charge in [-0.15, -0.1) is 0 Å². The maximum atomic E-state index is 4.53. The quantitative estimate of drug-likeness (QED) is 0.241. The molecule has 6 heavy (non-hydrogen) atoms. The van der Waals surface area contributed by atoms with E-state index in [4.69, 9.17) is 0 Å². The third-order valence-electron chi connectivity index (χ3n) is 0.128. The van der Waals surface area contributed by atoms with Gasteiger partial charge in [0, 0.05) is 0 Å². The zero-order valence-corrected chi connectivity index (χ0v) is 4.49. The van der Waals surface area contributed by atoms with Crippen LogP contribution in [0.5, 0.6) is 0 Å². The second-order valence-corrected chi connectivity index (χ2v) is 1.21. The Balaban J connectivity index is 3.33. The molecule has 0 aliphatic carbocycles. The van der Waals surface area contributed by atoms with Gasteiger partial charge in [0.2, 0.25) is 0 Å². The zero-order chi connectivity index (χ0) is 4.83. The topological polar surface area (TPSA) is 63.1 Å². The van der Waals surface area contributed by atoms with Gasteiger partial charge in [0.25, 0.3) is 0 Å². The van der Waals surface area contributed by atoms with E-state index in [0.717, 1.165) is 0 Å². The van der Waals surface area contributed by atoms with Crippen LogP contribution in [0.3, 0.4) is 0 Å². The monoisotopic (exact) mass is 121 g/mol. The van der Waals surface area contributed by atoms with Crippen LogP contribution in [0.2, 0.25) is 0 Å². The molecule has 4 nitrogen and oxygen atoms in total. The van der Waals surface area contributed by atoms with Gasteiger partial charge in [-0.1, -0.05) is 0 Å². The Hall–Kier alpha value is -0.150. The van der Waals surface area contributed by atoms with Gasteiger partial charge in [-0.05, 0) is 0 Å². The van der Waals surface area contributed by atoms with Gasteiger partial charge in [0.15, 0.2) is 0 Å². The molecular weight excluding hydrogens is 119 g/mol. The van der Waals surface area contributed by atoms with Crippen molar-refractivity contribution in [2.24, 2.45) is 21.1 Å². The molecule has 6 heteroatoms. The van der Waals surface area contributed by atoms with E-state index in [2.05, 4.69) is 33.0 Å². The first-order valence-corrected chi connectivity index (χ1v) is 2.90. The summed E-state index contributed by atoms with van der Waals surface area (Å²) in [7, 11) is 0.413. The second-order valence-electron chi connectivity index (χ2n) is 0.376. The number of nitrogens with two attached hydrogens (primary N) is 1. The van der Waals surface area contributed by atoms with Crippen LogP contribution >= 0.6 is 7.15 Å². The molecule has 0 saturated carbocycles. The summed E-state index contributed by atoms with van der Waals surface area (Å²) in [6.07, 6.45) is 0. The Bertz CT molecular complexity index is 89.7. The van der Waals surface area contributed by atoms with E-state index in [-0.39, 0.29) is 0 Å². The van der Waals surface area contributed by atoms with Gasteiger partial charge in [0.05, 0.1) is 0 Å². The minimum absolute atomic E-state index is 0.413. The number of rotatable bonds is 1. The van der Waals surface area contributed by atoms with E-state index >= 15 is 0 Å². The summed E-state index contributed by atoms with van der Waals surface area (Å²) in [5.41, 5.74) is 0. The third kappa shape index (κ3) is 3.85. The fraction of sp³-hybridized carbons (Fsp3) is 0. The van der Waals surface area contributed by atoms with Crippen molar-refractivity contribution in [2.75, 3.05) is 0 Å². The molecule has 0 saturated heterocycles. The van der Waals surface area contributed by atoms with Crippen molar-refractivity contribution in [1.29, 1.82) is 0 Å². The molecule has 0 aromatic carbocycles. The standard InChI is InChI=1S/H2N4PS/c1-2-3-4-5-6/h(H2,1,3)/q+1. The molecule has 2 N–H and O–H groups in total. The van der Waals surface area contributed by atoms with Crippen LogP contribution < -0.4 is 5.84 Å². The summed E-state index contributed by atoms with van der Waals surface area (Å²) in [5.74, 6) is 4.53. The fourth-order valence-corrected chi connectivity index (χ4v) is 0.216. The van der Waals surface area contributed by atoms with Gasteiger partial charge in [-0.2, -0.15) is 0 Å². The van der Waals surface area contributed by atoms with Gasteiger partial charge >= 0.3 is 40.1 Å². The number of nitrogens with zero attached hydrogens (tertiary/aromatic N) is 3. The Morgan fingerprint density at radius 3 is 2.50 bits per heavy atom. The average Bonchev–Trinajstić information content (AvgIpc) is 1.61. The van der Waals surface area contributed by atoms with Crippen LogP contribution in [0, 0.1) is 0 Å². The molecule has 0 fully saturated rings. The molecule has 0 aliphatic rings. The van der Waals surface area contributed by atoms with E-state index in [9.17, 15) is 0 Å². The second kappa shape index (κ2) is 4.85. The van der Waals surface area contributed by atoms with Gasteiger partial charge in [-0.3, -0.25) is 0 Å². The summed E-state index contributed by atoms with van der Waals surface area (Å²) in [6, 6.07) is 0. The Labute approximate surface area is 41.0 Å². The van der Waals surface area contributed by atoms with Crippen molar-refractivity contribution in [2.45, 2.75) is 0 Å². The van der Waals surface area contributed by atoms with Crippen LogP contribution in [0.15, 0.2) is 15.3 Å². The van der Waals surface area contributed by atoms with E-state index in [1.54, 1.807) is 0 Å². The molecule has 0 aromatic rings. The normalized spacial score (nSPS) is 8.67. The molecule has 0 aliphatic heterocycles. The van der Waals surface area contributed by atoms with E-state index in [1.165, 1.54) is 0 Å². The first kappa shape index (κ1) is 5.85. The first-order valence-electron chi connectivity index (χ1n) is 1.04. The Morgan fingerprint density at radius 1 is 1.67 bits per heavy atom. The van der Waals surface area contributed by atoms with Gasteiger partial charge in [0.1, 0.15) is 0 Å². The predicted molar refractivity (Wildman–Crippen MR) is 25.8 cm³/mol. The summed E-state index contributed by atoms with van der Waals surface area (Å²) in [4.78, 5) is 3.21. The van der Waals surface area contributed by atoms with Crippen molar-refractivity contribution >= 4 is 19.0 Å². The van der Waals surface area contributed by atoms with E-state index in [1.807, 2.05) is 0 Å². The molecule has 0 rings (SSSR count). The van der Waals surface area contributed by atoms with Crippen molar-refractivity contribution in [1.82, 2.24) is 0 Å². The maximum absolute atomic E-state index is 4.53. The molecule has 0 bridgehead atoms. The van der Waals surface area contributed by atoms with E-state index < -0.39 is 0 Å². The predicted octanol–water partition coefficient (Wildman–Crippen LogP) is 0.819. The molecule has 0 aromatic heterocycles. The van der Waals surface area contributed by atoms with Gasteiger partial charge < -0.3 is 0 Å². The molecule has 0 amide bonds. The third-order valence-corrected chi connectivity index (χ3v) is 0.500. The zero-order valence-electron chi connectivity index (χ0n) is 2.77. The Kier molecular flexibility index (Phi) is 4.73. The summed E-state index contributed by atoms with van der Waals surface area (Å²) in [6.45, 7) is 0. The van der Waals surface area contributed by atoms with Crippen LogP contribution in [0.1, 0.15) is 0 Å². The SMILES string of the molecule is N/N=N/N=[P+]=S. The summed E-state index contributed by atoms with van der Waals surface area (Å²) < 4.78 is 0. The molecular formula is H2N4PS+. The molecule has 0 spiro atoms. The van der Waals surface area contributed by atoms with Gasteiger partial charge in [-0.25, -0.2) is 0 Å². The van der Waals surface area contributed by atoms with Crippen LogP contribution in [-0.4, -0.2) is 0 Å². The van der Waals surface area contributed by atoms with E-state index in [0.29, 0.717) is 7.15 Å². The van der Waals surface area contributed by atoms with Crippen molar-refractivity contribution < 1.29 is 0 Å². The molecule has 32 valence electrons. The fourth-order valence-electron chi connectivity index (χ4n) is 0.0394. The average molecular weight is 121 g/mol. The van der Waals surface area contributed by atoms with Crippen LogP contribution in [0.4, 0.5) is 0 Å². The minimum atomic E-state index is 0.413. The van der Waals surface area contributed by atoms with Crippen LogP contribution in [0.25, 0.3) is 0 Å². The van der Waals surface area contributed by atoms with Crippen LogP contribution in [-0.2, 0) is 11.8 Å². The molecule has 0 radical (unpaired) electrons. The number of hydrogen-bond acceptors (Lipinski definition) is 2. The number of hydrogen-bond donors (Lipinski definition) is 1. The summed E-state index contributed by atoms with van der Waals surface area (Å²) in [5, 5.41) is 5.81. The van der Waals surface area contributed by atoms with Crippen molar-refractivity contribution in [3.63, 3.8) is 0 Å². The molecule has 0 atom stereocenters. The van der Waals surface area contributed by atoms with Crippen molar-refractivity contribution in [3.05, 3.63) is 0 Å². The molecule has 0 unspecified atom stereocenters. The molecule has 0 heterocycles. The Morgan fingerprint density at radius 2 is 2.33 bits per heavy atom. The first-order chi connectivity index (χ1) is 2.91.